The first kappa shape index (κ1) is 11.9. The van der Waals surface area contributed by atoms with E-state index in [0.29, 0.717) is 12.6 Å². The Labute approximate surface area is 101 Å². The number of hydrogen-bond acceptors (Lipinski definition) is 4. The van der Waals surface area contributed by atoms with Crippen molar-refractivity contribution in [3.05, 3.63) is 5.82 Å². The number of hydrogen-bond donors (Lipinski definition) is 1. The van der Waals surface area contributed by atoms with Crippen LogP contribution in [0.5, 0.6) is 0 Å². The zero-order valence-corrected chi connectivity index (χ0v) is 10.8. The molecular weight excluding hydrogens is 220 g/mol. The predicted octanol–water partition coefficient (Wildman–Crippen LogP) is 2.21. The average molecular weight is 240 g/mol. The number of nitrogens with zero attached hydrogens (tertiary/aromatic N) is 3. The number of rotatable bonds is 5. The van der Waals surface area contributed by atoms with Gasteiger partial charge in [0.15, 0.2) is 5.16 Å². The molecule has 1 heterocycles. The molecule has 4 nitrogen and oxygen atoms in total. The minimum Gasteiger partial charge on any atom is -0.324 e. The molecule has 5 heteroatoms. The van der Waals surface area contributed by atoms with E-state index >= 15 is 0 Å². The molecule has 1 aromatic rings. The number of thioether (sulfide) groups is 1. The second kappa shape index (κ2) is 5.19. The minimum atomic E-state index is 0.387. The molecule has 0 radical (unpaired) electrons. The number of nitrogens with two attached hydrogens (primary N) is 1. The van der Waals surface area contributed by atoms with Gasteiger partial charge in [0.2, 0.25) is 0 Å². The van der Waals surface area contributed by atoms with E-state index in [9.17, 15) is 0 Å². The van der Waals surface area contributed by atoms with Crippen LogP contribution in [-0.4, -0.2) is 20.5 Å². The van der Waals surface area contributed by atoms with E-state index in [0.717, 1.165) is 16.9 Å². The fraction of sp³-hybridized carbons (Fsp3) is 0.818. The molecule has 2 N–H and O–H groups in total. The highest BCUT2D eigenvalue weighted by atomic mass is 32.2. The van der Waals surface area contributed by atoms with Gasteiger partial charge in [-0.25, -0.2) is 0 Å². The maximum absolute atomic E-state index is 5.66. The van der Waals surface area contributed by atoms with Crippen LogP contribution in [0.15, 0.2) is 5.16 Å². The van der Waals surface area contributed by atoms with Gasteiger partial charge in [0.25, 0.3) is 0 Å². The van der Waals surface area contributed by atoms with Crippen LogP contribution in [0.4, 0.5) is 0 Å². The Balaban J connectivity index is 2.03. The van der Waals surface area contributed by atoms with Gasteiger partial charge >= 0.3 is 0 Å². The second-order valence-corrected chi connectivity index (χ2v) is 5.66. The van der Waals surface area contributed by atoms with Crippen molar-refractivity contribution in [1.29, 1.82) is 0 Å². The molecule has 0 aliphatic heterocycles. The van der Waals surface area contributed by atoms with Crippen LogP contribution < -0.4 is 5.73 Å². The van der Waals surface area contributed by atoms with Crippen molar-refractivity contribution in [2.75, 3.05) is 5.75 Å². The van der Waals surface area contributed by atoms with Gasteiger partial charge in [-0.15, -0.1) is 10.2 Å². The molecule has 0 atom stereocenters. The first-order valence-corrected chi connectivity index (χ1v) is 6.97. The van der Waals surface area contributed by atoms with Crippen LogP contribution >= 0.6 is 11.8 Å². The molecule has 1 aliphatic rings. The average Bonchev–Trinajstić information content (AvgIpc) is 2.58. The summed E-state index contributed by atoms with van der Waals surface area (Å²) in [5.74, 6) is 2.96. The monoisotopic (exact) mass is 240 g/mol. The molecule has 1 saturated carbocycles. The van der Waals surface area contributed by atoms with Crippen LogP contribution in [0.3, 0.4) is 0 Å². The third-order valence-electron chi connectivity index (χ3n) is 3.11. The molecule has 1 aromatic heterocycles. The molecule has 1 fully saturated rings. The lowest BCUT2D eigenvalue weighted by Crippen LogP contribution is -2.15. The van der Waals surface area contributed by atoms with Crippen LogP contribution in [-0.2, 0) is 6.54 Å². The SMILES string of the molecule is CC(C)n1c(CN)nnc1SCC1CCC1. The molecule has 90 valence electrons. The fourth-order valence-corrected chi connectivity index (χ4v) is 3.19. The molecule has 0 saturated heterocycles. The Morgan fingerprint density at radius 3 is 2.69 bits per heavy atom. The van der Waals surface area contributed by atoms with E-state index in [1.54, 1.807) is 0 Å². The zero-order chi connectivity index (χ0) is 11.5. The van der Waals surface area contributed by atoms with E-state index in [2.05, 4.69) is 28.6 Å². The van der Waals surface area contributed by atoms with Crippen molar-refractivity contribution >= 4 is 11.8 Å². The van der Waals surface area contributed by atoms with Gasteiger partial charge in [-0.3, -0.25) is 0 Å². The Bertz CT molecular complexity index is 344. The quantitative estimate of drug-likeness (QED) is 0.802. The maximum Gasteiger partial charge on any atom is 0.191 e. The Morgan fingerprint density at radius 2 is 2.19 bits per heavy atom. The third-order valence-corrected chi connectivity index (χ3v) is 4.28. The molecule has 2 rings (SSSR count). The van der Waals surface area contributed by atoms with E-state index in [1.165, 1.54) is 25.0 Å². The Morgan fingerprint density at radius 1 is 1.44 bits per heavy atom. The summed E-state index contributed by atoms with van der Waals surface area (Å²) in [4.78, 5) is 0. The molecule has 1 aliphatic carbocycles. The molecule has 16 heavy (non-hydrogen) atoms. The normalized spacial score (nSPS) is 16.8. The summed E-state index contributed by atoms with van der Waals surface area (Å²) in [6, 6.07) is 0.387. The summed E-state index contributed by atoms with van der Waals surface area (Å²) in [6.45, 7) is 4.76. The fourth-order valence-electron chi connectivity index (χ4n) is 1.92. The molecular formula is C11H20N4S. The van der Waals surface area contributed by atoms with Crippen molar-refractivity contribution in [1.82, 2.24) is 14.8 Å². The summed E-state index contributed by atoms with van der Waals surface area (Å²) in [5.41, 5.74) is 5.66. The van der Waals surface area contributed by atoms with Gasteiger partial charge in [-0.05, 0) is 32.6 Å². The van der Waals surface area contributed by atoms with Gasteiger partial charge < -0.3 is 10.3 Å². The van der Waals surface area contributed by atoms with Gasteiger partial charge in [0.1, 0.15) is 5.82 Å². The van der Waals surface area contributed by atoms with Gasteiger partial charge in [0, 0.05) is 11.8 Å². The molecule has 0 amide bonds. The lowest BCUT2D eigenvalue weighted by molar-refractivity contribution is 0.352. The summed E-state index contributed by atoms with van der Waals surface area (Å²) in [6.07, 6.45) is 4.16. The smallest absolute Gasteiger partial charge is 0.191 e. The minimum absolute atomic E-state index is 0.387. The van der Waals surface area contributed by atoms with Crippen molar-refractivity contribution in [2.24, 2.45) is 11.7 Å². The van der Waals surface area contributed by atoms with E-state index in [-0.39, 0.29) is 0 Å². The first-order chi connectivity index (χ1) is 7.72. The lowest BCUT2D eigenvalue weighted by Gasteiger charge is -2.24. The summed E-state index contributed by atoms with van der Waals surface area (Å²) in [7, 11) is 0. The molecule has 0 spiro atoms. The Kier molecular flexibility index (Phi) is 3.86. The van der Waals surface area contributed by atoms with Crippen molar-refractivity contribution < 1.29 is 0 Å². The van der Waals surface area contributed by atoms with Crippen LogP contribution in [0.1, 0.15) is 45.0 Å². The highest BCUT2D eigenvalue weighted by molar-refractivity contribution is 7.99. The number of aromatic nitrogens is 3. The van der Waals surface area contributed by atoms with Crippen molar-refractivity contribution in [2.45, 2.75) is 50.9 Å². The predicted molar refractivity (Wildman–Crippen MR) is 66.4 cm³/mol. The zero-order valence-electron chi connectivity index (χ0n) is 10.0. The molecule has 0 aromatic carbocycles. The van der Waals surface area contributed by atoms with Gasteiger partial charge in [-0.1, -0.05) is 18.2 Å². The first-order valence-electron chi connectivity index (χ1n) is 5.99. The van der Waals surface area contributed by atoms with Crippen molar-refractivity contribution in [3.8, 4) is 0 Å². The summed E-state index contributed by atoms with van der Waals surface area (Å²) in [5, 5.41) is 9.41. The van der Waals surface area contributed by atoms with Crippen LogP contribution in [0.2, 0.25) is 0 Å². The molecule has 0 unspecified atom stereocenters. The highest BCUT2D eigenvalue weighted by Crippen LogP contribution is 2.32. The topological polar surface area (TPSA) is 56.7 Å². The van der Waals surface area contributed by atoms with Gasteiger partial charge in [-0.2, -0.15) is 0 Å². The van der Waals surface area contributed by atoms with Gasteiger partial charge in [0.05, 0.1) is 6.54 Å². The van der Waals surface area contributed by atoms with E-state index in [1.807, 2.05) is 11.8 Å². The maximum atomic E-state index is 5.66. The lowest BCUT2D eigenvalue weighted by atomic mass is 9.87. The van der Waals surface area contributed by atoms with Crippen LogP contribution in [0.25, 0.3) is 0 Å². The van der Waals surface area contributed by atoms with Crippen LogP contribution in [0, 0.1) is 5.92 Å². The summed E-state index contributed by atoms with van der Waals surface area (Å²) >= 11 is 1.83. The third kappa shape index (κ3) is 2.40. The van der Waals surface area contributed by atoms with Crippen molar-refractivity contribution in [3.63, 3.8) is 0 Å². The van der Waals surface area contributed by atoms with E-state index in [4.69, 9.17) is 5.73 Å². The summed E-state index contributed by atoms with van der Waals surface area (Å²) < 4.78 is 2.16. The molecule has 0 bridgehead atoms. The Hall–Kier alpha value is -0.550. The van der Waals surface area contributed by atoms with E-state index < -0.39 is 0 Å². The highest BCUT2D eigenvalue weighted by Gasteiger charge is 2.20. The largest absolute Gasteiger partial charge is 0.324 e. The standard InChI is InChI=1S/C11H20N4S/c1-8(2)15-10(6-12)13-14-11(15)16-7-9-4-3-5-9/h8-9H,3-7,12H2,1-2H3. The second-order valence-electron chi connectivity index (χ2n) is 4.67.